The molecule has 0 atom stereocenters. The standard InChI is InChI=1S/C24H30FN5O4/c1-24(2,3)34-23(32)29-10-8-15(9-11-29)13-28-20-17(25)6-5-7-18(20)30-14-16(12-26)19(27)21(30)22(31)33-4/h5-7,14-15,28H,8-11,13,27H2,1-4H3. The second kappa shape index (κ2) is 10.0. The maximum Gasteiger partial charge on any atom is 0.410 e. The number of methoxy groups -OCH3 is 1. The van der Waals surface area contributed by atoms with Gasteiger partial charge in [-0.2, -0.15) is 5.26 Å². The molecule has 0 unspecified atom stereocenters. The lowest BCUT2D eigenvalue weighted by molar-refractivity contribution is 0.0188. The Bertz CT molecular complexity index is 1110. The lowest BCUT2D eigenvalue weighted by atomic mass is 9.97. The van der Waals surface area contributed by atoms with Crippen molar-refractivity contribution in [1.82, 2.24) is 9.47 Å². The zero-order chi connectivity index (χ0) is 25.0. The molecule has 2 aromatic rings. The smallest absolute Gasteiger partial charge is 0.410 e. The van der Waals surface area contributed by atoms with Crippen molar-refractivity contribution in [2.45, 2.75) is 39.2 Å². The number of amides is 1. The number of likely N-dealkylation sites (tertiary alicyclic amines) is 1. The minimum absolute atomic E-state index is 0.0286. The maximum absolute atomic E-state index is 14.9. The van der Waals surface area contributed by atoms with Crippen LogP contribution in [-0.2, 0) is 9.47 Å². The first-order valence-corrected chi connectivity index (χ1v) is 11.1. The van der Waals surface area contributed by atoms with Gasteiger partial charge in [0.15, 0.2) is 5.69 Å². The van der Waals surface area contributed by atoms with E-state index in [9.17, 15) is 19.2 Å². The molecule has 9 nitrogen and oxygen atoms in total. The molecule has 1 aromatic carbocycles. The van der Waals surface area contributed by atoms with E-state index in [-0.39, 0.29) is 34.6 Å². The van der Waals surface area contributed by atoms with Gasteiger partial charge < -0.3 is 30.0 Å². The third kappa shape index (κ3) is 5.42. The molecule has 0 radical (unpaired) electrons. The van der Waals surface area contributed by atoms with Crippen molar-refractivity contribution in [3.8, 4) is 11.8 Å². The summed E-state index contributed by atoms with van der Waals surface area (Å²) in [5.41, 5.74) is 5.97. The molecule has 0 bridgehead atoms. The lowest BCUT2D eigenvalue weighted by Crippen LogP contribution is -2.42. The van der Waals surface area contributed by atoms with Crippen LogP contribution in [0.1, 0.15) is 49.7 Å². The van der Waals surface area contributed by atoms with E-state index in [1.165, 1.54) is 30.0 Å². The molecule has 0 aliphatic carbocycles. The van der Waals surface area contributed by atoms with Gasteiger partial charge in [-0.25, -0.2) is 14.0 Å². The number of nitrogens with one attached hydrogen (secondary N) is 1. The molecule has 0 saturated carbocycles. The number of nitrogens with two attached hydrogens (primary N) is 1. The van der Waals surface area contributed by atoms with Crippen molar-refractivity contribution in [3.05, 3.63) is 41.5 Å². The highest BCUT2D eigenvalue weighted by Crippen LogP contribution is 2.31. The summed E-state index contributed by atoms with van der Waals surface area (Å²) in [5.74, 6) is -1.04. The Kier molecular flexibility index (Phi) is 7.35. The van der Waals surface area contributed by atoms with Gasteiger partial charge in [0.2, 0.25) is 0 Å². The van der Waals surface area contributed by atoms with E-state index in [0.717, 1.165) is 12.8 Å². The molecule has 3 N–H and O–H groups in total. The van der Waals surface area contributed by atoms with Gasteiger partial charge in [0.1, 0.15) is 17.5 Å². The van der Waals surface area contributed by atoms with E-state index in [1.54, 1.807) is 11.0 Å². The van der Waals surface area contributed by atoms with Gasteiger partial charge in [0.25, 0.3) is 0 Å². The summed E-state index contributed by atoms with van der Waals surface area (Å²) in [6.07, 6.45) is 2.53. The number of ether oxygens (including phenoxy) is 2. The Morgan fingerprint density at radius 3 is 2.56 bits per heavy atom. The fourth-order valence-corrected chi connectivity index (χ4v) is 3.89. The number of nitriles is 1. The number of hydrogen-bond acceptors (Lipinski definition) is 7. The van der Waals surface area contributed by atoms with Gasteiger partial charge in [-0.1, -0.05) is 6.07 Å². The molecular weight excluding hydrogens is 441 g/mol. The normalized spacial score (nSPS) is 14.4. The van der Waals surface area contributed by atoms with E-state index in [4.69, 9.17) is 15.2 Å². The highest BCUT2D eigenvalue weighted by molar-refractivity contribution is 5.96. The molecule has 34 heavy (non-hydrogen) atoms. The monoisotopic (exact) mass is 471 g/mol. The van der Waals surface area contributed by atoms with Crippen LogP contribution < -0.4 is 11.1 Å². The molecule has 3 rings (SSSR count). The number of hydrogen-bond donors (Lipinski definition) is 2. The van der Waals surface area contributed by atoms with E-state index in [0.29, 0.717) is 25.3 Å². The summed E-state index contributed by atoms with van der Waals surface area (Å²) in [7, 11) is 1.21. The number of carbonyl (C=O) groups excluding carboxylic acids is 2. The molecule has 10 heteroatoms. The summed E-state index contributed by atoms with van der Waals surface area (Å²) in [6.45, 7) is 7.06. The van der Waals surface area contributed by atoms with Crippen molar-refractivity contribution in [1.29, 1.82) is 5.26 Å². The third-order valence-electron chi connectivity index (χ3n) is 5.63. The molecular formula is C24H30FN5O4. The molecule has 1 aliphatic heterocycles. The number of piperidine rings is 1. The molecule has 182 valence electrons. The number of benzene rings is 1. The number of nitrogen functional groups attached to an aromatic ring is 1. The largest absolute Gasteiger partial charge is 0.464 e. The first-order chi connectivity index (χ1) is 16.1. The average molecular weight is 472 g/mol. The number of carbonyl (C=O) groups is 2. The van der Waals surface area contributed by atoms with Crippen LogP contribution in [0.3, 0.4) is 0 Å². The predicted octanol–water partition coefficient (Wildman–Crippen LogP) is 3.92. The number of esters is 1. The second-order valence-corrected chi connectivity index (χ2v) is 9.20. The minimum atomic E-state index is -0.733. The van der Waals surface area contributed by atoms with Crippen molar-refractivity contribution >= 4 is 23.4 Å². The molecule has 1 saturated heterocycles. The predicted molar refractivity (Wildman–Crippen MR) is 125 cm³/mol. The van der Waals surface area contributed by atoms with Crippen molar-refractivity contribution < 1.29 is 23.5 Å². The third-order valence-corrected chi connectivity index (χ3v) is 5.63. The van der Waals surface area contributed by atoms with Crippen LogP contribution in [-0.4, -0.2) is 53.9 Å². The van der Waals surface area contributed by atoms with E-state index >= 15 is 0 Å². The van der Waals surface area contributed by atoms with Crippen LogP contribution >= 0.6 is 0 Å². The van der Waals surface area contributed by atoms with Crippen molar-refractivity contribution in [2.24, 2.45) is 5.92 Å². The van der Waals surface area contributed by atoms with Gasteiger partial charge in [0.05, 0.1) is 29.7 Å². The molecule has 1 aromatic heterocycles. The first kappa shape index (κ1) is 24.9. The Labute approximate surface area is 198 Å². The average Bonchev–Trinajstić information content (AvgIpc) is 3.12. The quantitative estimate of drug-likeness (QED) is 0.634. The molecule has 0 spiro atoms. The van der Waals surface area contributed by atoms with Crippen LogP contribution in [0, 0.1) is 23.1 Å². The number of para-hydroxylation sites is 1. The van der Waals surface area contributed by atoms with Gasteiger partial charge >= 0.3 is 12.1 Å². The van der Waals surface area contributed by atoms with Crippen LogP contribution in [0.2, 0.25) is 0 Å². The Balaban J connectivity index is 1.76. The maximum atomic E-state index is 14.9. The first-order valence-electron chi connectivity index (χ1n) is 11.1. The van der Waals surface area contributed by atoms with Crippen LogP contribution in [0.5, 0.6) is 0 Å². The van der Waals surface area contributed by atoms with Crippen molar-refractivity contribution in [3.63, 3.8) is 0 Å². The highest BCUT2D eigenvalue weighted by Gasteiger charge is 2.28. The Hall–Kier alpha value is -3.74. The topological polar surface area (TPSA) is 123 Å². The van der Waals surface area contributed by atoms with E-state index in [2.05, 4.69) is 5.32 Å². The van der Waals surface area contributed by atoms with Crippen molar-refractivity contribution in [2.75, 3.05) is 37.8 Å². The van der Waals surface area contributed by atoms with Crippen LogP contribution in [0.15, 0.2) is 24.4 Å². The van der Waals surface area contributed by atoms with Gasteiger partial charge in [0, 0.05) is 25.8 Å². The number of aromatic nitrogens is 1. The summed E-state index contributed by atoms with van der Waals surface area (Å²) in [6, 6.07) is 6.39. The van der Waals surface area contributed by atoms with Crippen LogP contribution in [0.4, 0.5) is 20.6 Å². The van der Waals surface area contributed by atoms with E-state index < -0.39 is 17.4 Å². The Morgan fingerprint density at radius 1 is 1.29 bits per heavy atom. The number of rotatable bonds is 5. The van der Waals surface area contributed by atoms with Gasteiger partial charge in [-0.3, -0.25) is 0 Å². The zero-order valence-corrected chi connectivity index (χ0v) is 19.9. The summed E-state index contributed by atoms with van der Waals surface area (Å²) >= 11 is 0. The second-order valence-electron chi connectivity index (χ2n) is 9.20. The van der Waals surface area contributed by atoms with E-state index in [1.807, 2.05) is 26.8 Å². The van der Waals surface area contributed by atoms with Gasteiger partial charge in [-0.15, -0.1) is 0 Å². The lowest BCUT2D eigenvalue weighted by Gasteiger charge is -2.33. The highest BCUT2D eigenvalue weighted by atomic mass is 19.1. The molecule has 1 amide bonds. The number of nitrogens with zero attached hydrogens (tertiary/aromatic N) is 3. The minimum Gasteiger partial charge on any atom is -0.464 e. The Morgan fingerprint density at radius 2 is 1.97 bits per heavy atom. The number of anilines is 2. The molecule has 2 heterocycles. The summed E-state index contributed by atoms with van der Waals surface area (Å²) in [4.78, 5) is 26.3. The summed E-state index contributed by atoms with van der Waals surface area (Å²) in [5, 5.41) is 12.5. The molecule has 1 aliphatic rings. The summed E-state index contributed by atoms with van der Waals surface area (Å²) < 4.78 is 26.5. The fraction of sp³-hybridized carbons (Fsp3) is 0.458. The molecule has 1 fully saturated rings. The van der Waals surface area contributed by atoms with Crippen LogP contribution in [0.25, 0.3) is 5.69 Å². The number of halogens is 1. The SMILES string of the molecule is COC(=O)c1c(N)c(C#N)cn1-c1cccc(F)c1NCC1CCN(C(=O)OC(C)(C)C)CC1. The zero-order valence-electron chi connectivity index (χ0n) is 19.9. The van der Waals surface area contributed by atoms with Gasteiger partial charge in [-0.05, 0) is 51.7 Å². The fourth-order valence-electron chi connectivity index (χ4n) is 3.89.